The van der Waals surface area contributed by atoms with Crippen molar-refractivity contribution in [3.8, 4) is 5.75 Å². The van der Waals surface area contributed by atoms with E-state index in [2.05, 4.69) is 0 Å². The maximum Gasteiger partial charge on any atom is 0.259 e. The van der Waals surface area contributed by atoms with Crippen LogP contribution in [0.15, 0.2) is 42.5 Å². The van der Waals surface area contributed by atoms with Crippen LogP contribution in [0, 0.1) is 0 Å². The van der Waals surface area contributed by atoms with E-state index in [4.69, 9.17) is 4.74 Å². The van der Waals surface area contributed by atoms with Crippen LogP contribution in [0.3, 0.4) is 0 Å². The van der Waals surface area contributed by atoms with Crippen molar-refractivity contribution in [2.24, 2.45) is 0 Å². The molecule has 0 saturated heterocycles. The molecule has 0 amide bonds. The number of rotatable bonds is 5. The van der Waals surface area contributed by atoms with E-state index in [0.717, 1.165) is 23.9 Å². The molecule has 0 aliphatic heterocycles. The Morgan fingerprint density at radius 2 is 1.72 bits per heavy atom. The second-order valence-corrected chi connectivity index (χ2v) is 4.14. The SMILES string of the molecule is CCN(CC)C(O)Oc1cccc2ccccc12. The number of ether oxygens (including phenoxy) is 1. The molecule has 2 rings (SSSR count). The van der Waals surface area contributed by atoms with Crippen LogP contribution >= 0.6 is 0 Å². The summed E-state index contributed by atoms with van der Waals surface area (Å²) in [4.78, 5) is 1.85. The van der Waals surface area contributed by atoms with Crippen molar-refractivity contribution in [1.29, 1.82) is 0 Å². The normalized spacial score (nSPS) is 12.9. The topological polar surface area (TPSA) is 32.7 Å². The van der Waals surface area contributed by atoms with Crippen molar-refractivity contribution < 1.29 is 9.84 Å². The molecule has 0 heterocycles. The first-order valence-electron chi connectivity index (χ1n) is 6.32. The van der Waals surface area contributed by atoms with Crippen molar-refractivity contribution in [3.05, 3.63) is 42.5 Å². The highest BCUT2D eigenvalue weighted by molar-refractivity contribution is 5.88. The van der Waals surface area contributed by atoms with E-state index in [1.165, 1.54) is 0 Å². The molecular weight excluding hydrogens is 226 g/mol. The van der Waals surface area contributed by atoms with Gasteiger partial charge in [-0.2, -0.15) is 0 Å². The second-order valence-electron chi connectivity index (χ2n) is 4.14. The van der Waals surface area contributed by atoms with Gasteiger partial charge in [0, 0.05) is 18.5 Å². The molecule has 2 aromatic carbocycles. The Morgan fingerprint density at radius 3 is 2.44 bits per heavy atom. The predicted molar refractivity (Wildman–Crippen MR) is 73.5 cm³/mol. The molecule has 0 bridgehead atoms. The van der Waals surface area contributed by atoms with E-state index in [1.807, 2.05) is 61.2 Å². The molecular formula is C15H19NO2. The predicted octanol–water partition coefficient (Wildman–Crippen LogP) is 2.84. The zero-order valence-corrected chi connectivity index (χ0v) is 10.8. The molecule has 18 heavy (non-hydrogen) atoms. The van der Waals surface area contributed by atoms with Crippen molar-refractivity contribution in [2.45, 2.75) is 20.3 Å². The minimum atomic E-state index is -0.897. The highest BCUT2D eigenvalue weighted by Crippen LogP contribution is 2.26. The number of benzene rings is 2. The number of aliphatic hydroxyl groups excluding tert-OH is 1. The van der Waals surface area contributed by atoms with Gasteiger partial charge < -0.3 is 9.84 Å². The first-order chi connectivity index (χ1) is 8.76. The Bertz CT molecular complexity index is 503. The van der Waals surface area contributed by atoms with Crippen LogP contribution in [0.4, 0.5) is 0 Å². The van der Waals surface area contributed by atoms with Crippen LogP contribution in [-0.2, 0) is 0 Å². The molecule has 1 N–H and O–H groups in total. The van der Waals surface area contributed by atoms with Crippen molar-refractivity contribution >= 4 is 10.8 Å². The number of aliphatic hydroxyl groups is 1. The van der Waals surface area contributed by atoms with Gasteiger partial charge in [0.05, 0.1) is 0 Å². The monoisotopic (exact) mass is 245 g/mol. The number of hydrogen-bond donors (Lipinski definition) is 1. The fourth-order valence-electron chi connectivity index (χ4n) is 2.02. The highest BCUT2D eigenvalue weighted by Gasteiger charge is 2.14. The van der Waals surface area contributed by atoms with Gasteiger partial charge in [-0.1, -0.05) is 50.2 Å². The molecule has 1 atom stereocenters. The molecule has 0 radical (unpaired) electrons. The zero-order valence-electron chi connectivity index (χ0n) is 10.8. The minimum Gasteiger partial charge on any atom is -0.451 e. The van der Waals surface area contributed by atoms with Crippen molar-refractivity contribution in [2.75, 3.05) is 13.1 Å². The maximum absolute atomic E-state index is 10.0. The smallest absolute Gasteiger partial charge is 0.259 e. The quantitative estimate of drug-likeness (QED) is 0.822. The second kappa shape index (κ2) is 5.85. The van der Waals surface area contributed by atoms with Crippen LogP contribution in [0.5, 0.6) is 5.75 Å². The lowest BCUT2D eigenvalue weighted by molar-refractivity contribution is -0.131. The fourth-order valence-corrected chi connectivity index (χ4v) is 2.02. The Morgan fingerprint density at radius 1 is 1.06 bits per heavy atom. The van der Waals surface area contributed by atoms with Crippen LogP contribution in [-0.4, -0.2) is 29.5 Å². The average molecular weight is 245 g/mol. The molecule has 96 valence electrons. The third-order valence-corrected chi connectivity index (χ3v) is 3.11. The third-order valence-electron chi connectivity index (χ3n) is 3.11. The van der Waals surface area contributed by atoms with E-state index in [1.54, 1.807) is 0 Å². The van der Waals surface area contributed by atoms with Gasteiger partial charge in [0.2, 0.25) is 0 Å². The number of nitrogens with zero attached hydrogens (tertiary/aromatic N) is 1. The first kappa shape index (κ1) is 12.9. The molecule has 0 aromatic heterocycles. The lowest BCUT2D eigenvalue weighted by Gasteiger charge is -2.25. The standard InChI is InChI=1S/C15H19NO2/c1-3-16(4-2)15(17)18-14-11-7-9-12-8-5-6-10-13(12)14/h5-11,15,17H,3-4H2,1-2H3. The van der Waals surface area contributed by atoms with Gasteiger partial charge in [-0.05, 0) is 11.5 Å². The molecule has 1 unspecified atom stereocenters. The molecule has 0 saturated carbocycles. The first-order valence-corrected chi connectivity index (χ1v) is 6.32. The summed E-state index contributed by atoms with van der Waals surface area (Å²) in [5.41, 5.74) is 0. The lowest BCUT2D eigenvalue weighted by atomic mass is 10.1. The maximum atomic E-state index is 10.0. The Labute approximate surface area is 108 Å². The van der Waals surface area contributed by atoms with Crippen molar-refractivity contribution in [1.82, 2.24) is 4.90 Å². The number of fused-ring (bicyclic) bond motifs is 1. The summed E-state index contributed by atoms with van der Waals surface area (Å²) in [5.74, 6) is 0.715. The summed E-state index contributed by atoms with van der Waals surface area (Å²) in [6.07, 6.45) is -0.897. The molecule has 2 aromatic rings. The summed E-state index contributed by atoms with van der Waals surface area (Å²) in [5, 5.41) is 12.2. The van der Waals surface area contributed by atoms with Gasteiger partial charge >= 0.3 is 0 Å². The fraction of sp³-hybridized carbons (Fsp3) is 0.333. The van der Waals surface area contributed by atoms with Gasteiger partial charge in [-0.3, -0.25) is 0 Å². The zero-order chi connectivity index (χ0) is 13.0. The van der Waals surface area contributed by atoms with Crippen LogP contribution in [0.25, 0.3) is 10.8 Å². The van der Waals surface area contributed by atoms with E-state index in [9.17, 15) is 5.11 Å². The van der Waals surface area contributed by atoms with E-state index >= 15 is 0 Å². The van der Waals surface area contributed by atoms with Gasteiger partial charge in [0.25, 0.3) is 6.41 Å². The Kier molecular flexibility index (Phi) is 4.18. The van der Waals surface area contributed by atoms with Gasteiger partial charge in [0.1, 0.15) is 5.75 Å². The summed E-state index contributed by atoms with van der Waals surface area (Å²) >= 11 is 0. The van der Waals surface area contributed by atoms with Gasteiger partial charge in [-0.25, -0.2) is 4.90 Å². The van der Waals surface area contributed by atoms with Crippen LogP contribution in [0.1, 0.15) is 13.8 Å². The lowest BCUT2D eigenvalue weighted by Crippen LogP contribution is -2.39. The molecule has 0 aliphatic carbocycles. The largest absolute Gasteiger partial charge is 0.451 e. The van der Waals surface area contributed by atoms with Crippen molar-refractivity contribution in [3.63, 3.8) is 0 Å². The summed E-state index contributed by atoms with van der Waals surface area (Å²) in [7, 11) is 0. The Balaban J connectivity index is 2.26. The summed E-state index contributed by atoms with van der Waals surface area (Å²) < 4.78 is 5.65. The van der Waals surface area contributed by atoms with Crippen LogP contribution in [0.2, 0.25) is 0 Å². The Hall–Kier alpha value is -1.58. The van der Waals surface area contributed by atoms with Gasteiger partial charge in [-0.15, -0.1) is 0 Å². The molecule has 0 fully saturated rings. The molecule has 0 aliphatic rings. The van der Waals surface area contributed by atoms with Gasteiger partial charge in [0.15, 0.2) is 0 Å². The van der Waals surface area contributed by atoms with E-state index < -0.39 is 6.41 Å². The minimum absolute atomic E-state index is 0.715. The van der Waals surface area contributed by atoms with E-state index in [0.29, 0.717) is 5.75 Å². The average Bonchev–Trinajstić information content (AvgIpc) is 2.40. The number of hydrogen-bond acceptors (Lipinski definition) is 3. The molecule has 0 spiro atoms. The summed E-state index contributed by atoms with van der Waals surface area (Å²) in [6, 6.07) is 13.9. The third kappa shape index (κ3) is 2.63. The molecule has 3 nitrogen and oxygen atoms in total. The highest BCUT2D eigenvalue weighted by atomic mass is 16.6. The molecule has 3 heteroatoms. The summed E-state index contributed by atoms with van der Waals surface area (Å²) in [6.45, 7) is 5.50. The van der Waals surface area contributed by atoms with Crippen LogP contribution < -0.4 is 4.74 Å². The van der Waals surface area contributed by atoms with E-state index in [-0.39, 0.29) is 0 Å².